The van der Waals surface area contributed by atoms with Crippen LogP contribution in [0.1, 0.15) is 50.6 Å². The number of amides is 2. The summed E-state index contributed by atoms with van der Waals surface area (Å²) in [7, 11) is 0. The number of urea groups is 1. The van der Waals surface area contributed by atoms with Gasteiger partial charge in [0.15, 0.2) is 0 Å². The number of aromatic nitrogens is 3. The predicted octanol–water partition coefficient (Wildman–Crippen LogP) is 3.52. The fourth-order valence-electron chi connectivity index (χ4n) is 3.06. The molecule has 2 N–H and O–H groups in total. The van der Waals surface area contributed by atoms with Crippen LogP contribution in [0.25, 0.3) is 5.69 Å². The zero-order chi connectivity index (χ0) is 17.5. The van der Waals surface area contributed by atoms with Crippen molar-refractivity contribution >= 4 is 6.03 Å². The molecule has 2 aromatic rings. The Hall–Kier alpha value is -2.63. The second-order valence-corrected chi connectivity index (χ2v) is 6.41. The van der Waals surface area contributed by atoms with E-state index in [4.69, 9.17) is 0 Å². The zero-order valence-electron chi connectivity index (χ0n) is 14.6. The molecule has 0 aliphatic heterocycles. The first-order valence-electron chi connectivity index (χ1n) is 8.89. The van der Waals surface area contributed by atoms with Crippen molar-refractivity contribution in [1.29, 1.82) is 0 Å². The fraction of sp³-hybridized carbons (Fsp3) is 0.421. The maximum absolute atomic E-state index is 12.1. The number of hydrogen-bond acceptors (Lipinski definition) is 3. The van der Waals surface area contributed by atoms with E-state index >= 15 is 0 Å². The van der Waals surface area contributed by atoms with E-state index in [0.717, 1.165) is 17.7 Å². The minimum atomic E-state index is -0.121. The molecule has 0 fully saturated rings. The summed E-state index contributed by atoms with van der Waals surface area (Å²) in [6, 6.07) is 7.75. The predicted molar refractivity (Wildman–Crippen MR) is 97.5 cm³/mol. The molecule has 132 valence electrons. The van der Waals surface area contributed by atoms with Crippen LogP contribution in [-0.4, -0.2) is 27.3 Å². The summed E-state index contributed by atoms with van der Waals surface area (Å²) in [6.45, 7) is 2.67. The molecule has 1 aromatic heterocycles. The van der Waals surface area contributed by atoms with Gasteiger partial charge in [0.05, 0.1) is 11.7 Å². The third-order valence-electron chi connectivity index (χ3n) is 4.54. The molecule has 2 amide bonds. The molecule has 1 aliphatic carbocycles. The zero-order valence-corrected chi connectivity index (χ0v) is 14.6. The SMILES string of the molecule is CC(NC(=O)NCCC1=CCCCC1)c1ccc(-n2cncn2)cc1. The molecule has 0 saturated heterocycles. The van der Waals surface area contributed by atoms with Gasteiger partial charge in [0.25, 0.3) is 0 Å². The first-order valence-corrected chi connectivity index (χ1v) is 8.89. The van der Waals surface area contributed by atoms with Crippen LogP contribution in [0.2, 0.25) is 0 Å². The molecule has 1 atom stereocenters. The quantitative estimate of drug-likeness (QED) is 0.791. The summed E-state index contributed by atoms with van der Waals surface area (Å²) in [6.07, 6.45) is 11.4. The Morgan fingerprint density at radius 2 is 2.12 bits per heavy atom. The van der Waals surface area contributed by atoms with Crippen LogP contribution in [-0.2, 0) is 0 Å². The Labute approximate surface area is 148 Å². The number of benzene rings is 1. The summed E-state index contributed by atoms with van der Waals surface area (Å²) in [5.74, 6) is 0. The van der Waals surface area contributed by atoms with E-state index < -0.39 is 0 Å². The van der Waals surface area contributed by atoms with E-state index in [-0.39, 0.29) is 12.1 Å². The second kappa shape index (κ2) is 8.46. The molecule has 0 saturated carbocycles. The van der Waals surface area contributed by atoms with Crippen molar-refractivity contribution in [3.8, 4) is 5.69 Å². The molecule has 1 heterocycles. The molecular weight excluding hydrogens is 314 g/mol. The minimum Gasteiger partial charge on any atom is -0.338 e. The van der Waals surface area contributed by atoms with Gasteiger partial charge in [-0.25, -0.2) is 14.5 Å². The third kappa shape index (κ3) is 4.92. The molecule has 1 aromatic carbocycles. The van der Waals surface area contributed by atoms with Gasteiger partial charge in [0.1, 0.15) is 12.7 Å². The molecule has 0 spiro atoms. The van der Waals surface area contributed by atoms with Crippen LogP contribution in [0.5, 0.6) is 0 Å². The molecule has 6 nitrogen and oxygen atoms in total. The average molecular weight is 339 g/mol. The summed E-state index contributed by atoms with van der Waals surface area (Å²) in [5, 5.41) is 10.0. The summed E-state index contributed by atoms with van der Waals surface area (Å²) >= 11 is 0. The van der Waals surface area contributed by atoms with Gasteiger partial charge >= 0.3 is 6.03 Å². The van der Waals surface area contributed by atoms with Gasteiger partial charge in [-0.1, -0.05) is 23.8 Å². The van der Waals surface area contributed by atoms with Crippen molar-refractivity contribution in [3.05, 3.63) is 54.1 Å². The van der Waals surface area contributed by atoms with Crippen LogP contribution >= 0.6 is 0 Å². The standard InChI is InChI=1S/C19H25N5O/c1-15(17-7-9-18(10-8-17)24-14-20-13-22-24)23-19(25)21-12-11-16-5-3-2-4-6-16/h5,7-10,13-15H,2-4,6,11-12H2,1H3,(H2,21,23,25). The fourth-order valence-corrected chi connectivity index (χ4v) is 3.06. The summed E-state index contributed by atoms with van der Waals surface area (Å²) in [5.41, 5.74) is 3.47. The molecule has 25 heavy (non-hydrogen) atoms. The van der Waals surface area contributed by atoms with E-state index in [1.54, 1.807) is 11.0 Å². The molecule has 0 radical (unpaired) electrons. The Bertz CT molecular complexity index is 706. The number of rotatable bonds is 6. The van der Waals surface area contributed by atoms with Crippen molar-refractivity contribution in [2.45, 2.75) is 45.1 Å². The van der Waals surface area contributed by atoms with E-state index in [1.165, 1.54) is 37.6 Å². The number of nitrogens with zero attached hydrogens (tertiary/aromatic N) is 3. The van der Waals surface area contributed by atoms with Gasteiger partial charge in [0.2, 0.25) is 0 Å². The van der Waals surface area contributed by atoms with Crippen molar-refractivity contribution in [2.24, 2.45) is 0 Å². The maximum Gasteiger partial charge on any atom is 0.315 e. The van der Waals surface area contributed by atoms with Crippen molar-refractivity contribution < 1.29 is 4.79 Å². The minimum absolute atomic E-state index is 0.0568. The highest BCUT2D eigenvalue weighted by Crippen LogP contribution is 2.19. The van der Waals surface area contributed by atoms with Crippen molar-refractivity contribution in [2.75, 3.05) is 6.54 Å². The third-order valence-corrected chi connectivity index (χ3v) is 4.54. The Morgan fingerprint density at radius 1 is 1.28 bits per heavy atom. The molecule has 3 rings (SSSR count). The number of carbonyl (C=O) groups excluding carboxylic acids is 1. The highest BCUT2D eigenvalue weighted by molar-refractivity contribution is 5.74. The molecule has 6 heteroatoms. The Balaban J connectivity index is 1.45. The highest BCUT2D eigenvalue weighted by atomic mass is 16.2. The largest absolute Gasteiger partial charge is 0.338 e. The topological polar surface area (TPSA) is 71.8 Å². The average Bonchev–Trinajstić information content (AvgIpc) is 3.17. The number of allylic oxidation sites excluding steroid dienone is 1. The first-order chi connectivity index (χ1) is 12.2. The smallest absolute Gasteiger partial charge is 0.315 e. The monoisotopic (exact) mass is 339 g/mol. The van der Waals surface area contributed by atoms with Crippen LogP contribution in [0.3, 0.4) is 0 Å². The van der Waals surface area contributed by atoms with Crippen molar-refractivity contribution in [1.82, 2.24) is 25.4 Å². The lowest BCUT2D eigenvalue weighted by Gasteiger charge is -2.16. The Morgan fingerprint density at radius 3 is 2.80 bits per heavy atom. The number of nitrogens with one attached hydrogen (secondary N) is 2. The van der Waals surface area contributed by atoms with Gasteiger partial charge in [-0.3, -0.25) is 0 Å². The number of hydrogen-bond donors (Lipinski definition) is 2. The molecule has 1 aliphatic rings. The van der Waals surface area contributed by atoms with Crippen LogP contribution in [0, 0.1) is 0 Å². The molecule has 1 unspecified atom stereocenters. The molecule has 0 bridgehead atoms. The highest BCUT2D eigenvalue weighted by Gasteiger charge is 2.10. The number of carbonyl (C=O) groups is 1. The van der Waals surface area contributed by atoms with E-state index in [2.05, 4.69) is 26.8 Å². The van der Waals surface area contributed by atoms with Gasteiger partial charge in [-0.15, -0.1) is 0 Å². The van der Waals surface area contributed by atoms with Gasteiger partial charge < -0.3 is 10.6 Å². The van der Waals surface area contributed by atoms with Crippen LogP contribution in [0.15, 0.2) is 48.6 Å². The maximum atomic E-state index is 12.1. The van der Waals surface area contributed by atoms with Gasteiger partial charge in [0, 0.05) is 6.54 Å². The van der Waals surface area contributed by atoms with E-state index in [9.17, 15) is 4.79 Å². The second-order valence-electron chi connectivity index (χ2n) is 6.41. The van der Waals surface area contributed by atoms with E-state index in [1.807, 2.05) is 31.2 Å². The summed E-state index contributed by atoms with van der Waals surface area (Å²) < 4.78 is 1.70. The lowest BCUT2D eigenvalue weighted by molar-refractivity contribution is 0.238. The van der Waals surface area contributed by atoms with Gasteiger partial charge in [-0.05, 0) is 56.7 Å². The van der Waals surface area contributed by atoms with E-state index in [0.29, 0.717) is 6.54 Å². The lowest BCUT2D eigenvalue weighted by Crippen LogP contribution is -2.37. The lowest BCUT2D eigenvalue weighted by atomic mass is 9.97. The van der Waals surface area contributed by atoms with Crippen molar-refractivity contribution in [3.63, 3.8) is 0 Å². The normalized spacial score (nSPS) is 15.3. The van der Waals surface area contributed by atoms with Crippen LogP contribution < -0.4 is 10.6 Å². The van der Waals surface area contributed by atoms with Crippen LogP contribution in [0.4, 0.5) is 4.79 Å². The summed E-state index contributed by atoms with van der Waals surface area (Å²) in [4.78, 5) is 16.0. The Kier molecular flexibility index (Phi) is 5.82. The van der Waals surface area contributed by atoms with Gasteiger partial charge in [-0.2, -0.15) is 5.10 Å². The molecular formula is C19H25N5O. The first kappa shape index (κ1) is 17.2.